The third-order valence-electron chi connectivity index (χ3n) is 4.51. The van der Waals surface area contributed by atoms with Crippen molar-refractivity contribution in [2.45, 2.75) is 19.0 Å². The van der Waals surface area contributed by atoms with Crippen molar-refractivity contribution in [2.24, 2.45) is 5.73 Å². The molecule has 1 atom stereocenters. The maximum atomic E-state index is 11.9. The number of primary amides is 1. The molecule has 1 aliphatic heterocycles. The van der Waals surface area contributed by atoms with Gasteiger partial charge in [0.05, 0.1) is 17.9 Å². The molecule has 0 fully saturated rings. The second-order valence-electron chi connectivity index (χ2n) is 6.15. The molecule has 126 valence electrons. The molecule has 0 saturated heterocycles. The summed E-state index contributed by atoms with van der Waals surface area (Å²) in [5, 5.41) is 0. The molecule has 2 N–H and O–H groups in total. The van der Waals surface area contributed by atoms with Gasteiger partial charge in [0.1, 0.15) is 11.5 Å². The van der Waals surface area contributed by atoms with Crippen LogP contribution in [0.2, 0.25) is 0 Å². The summed E-state index contributed by atoms with van der Waals surface area (Å²) in [5.41, 5.74) is 7.88. The van der Waals surface area contributed by atoms with E-state index in [1.165, 1.54) is 11.8 Å². The van der Waals surface area contributed by atoms with Gasteiger partial charge in [0, 0.05) is 18.9 Å². The number of amides is 1. The molecule has 1 aromatic carbocycles. The molecule has 3 aromatic rings. The van der Waals surface area contributed by atoms with E-state index >= 15 is 0 Å². The highest BCUT2D eigenvalue weighted by Crippen LogP contribution is 2.31. The second-order valence-corrected chi connectivity index (χ2v) is 6.15. The fraction of sp³-hybridized carbons (Fsp3) is 0.222. The van der Waals surface area contributed by atoms with Gasteiger partial charge in [-0.05, 0) is 19.0 Å². The van der Waals surface area contributed by atoms with Crippen LogP contribution < -0.4 is 5.73 Å². The molecule has 4 rings (SSSR count). The average molecular weight is 334 g/mol. The predicted octanol–water partition coefficient (Wildman–Crippen LogP) is 1.49. The smallest absolute Gasteiger partial charge is 0.267 e. The lowest BCUT2D eigenvalue weighted by Crippen LogP contribution is -2.26. The topological polar surface area (TPSA) is 89.9 Å². The Labute approximate surface area is 145 Å². The molecule has 7 heteroatoms. The van der Waals surface area contributed by atoms with Crippen molar-refractivity contribution in [1.82, 2.24) is 24.4 Å². The van der Waals surface area contributed by atoms with Gasteiger partial charge in [-0.1, -0.05) is 30.3 Å². The Morgan fingerprint density at radius 3 is 2.72 bits per heavy atom. The normalized spacial score (nSPS) is 16.8. The molecular formula is C18H18N6O. The van der Waals surface area contributed by atoms with E-state index in [0.717, 1.165) is 17.9 Å². The lowest BCUT2D eigenvalue weighted by molar-refractivity contribution is 0.0993. The van der Waals surface area contributed by atoms with Crippen molar-refractivity contribution < 1.29 is 4.79 Å². The number of hydrogen-bond donors (Lipinski definition) is 1. The van der Waals surface area contributed by atoms with Crippen LogP contribution in [0.25, 0.3) is 5.82 Å². The summed E-state index contributed by atoms with van der Waals surface area (Å²) < 4.78 is 1.75. The van der Waals surface area contributed by atoms with E-state index in [2.05, 4.69) is 32.0 Å². The fourth-order valence-electron chi connectivity index (χ4n) is 3.28. The molecule has 3 heterocycles. The molecule has 1 unspecified atom stereocenters. The highest BCUT2D eigenvalue weighted by atomic mass is 16.1. The van der Waals surface area contributed by atoms with Crippen LogP contribution in [0.5, 0.6) is 0 Å². The zero-order valence-electron chi connectivity index (χ0n) is 13.8. The van der Waals surface area contributed by atoms with Gasteiger partial charge in [0.25, 0.3) is 5.91 Å². The van der Waals surface area contributed by atoms with Crippen LogP contribution in [-0.2, 0) is 13.0 Å². The summed E-state index contributed by atoms with van der Waals surface area (Å²) in [7, 11) is 2.03. The molecular weight excluding hydrogens is 316 g/mol. The van der Waals surface area contributed by atoms with Crippen LogP contribution in [0.15, 0.2) is 48.9 Å². The highest BCUT2D eigenvalue weighted by Gasteiger charge is 2.31. The predicted molar refractivity (Wildman–Crippen MR) is 92.0 cm³/mol. The van der Waals surface area contributed by atoms with Crippen molar-refractivity contribution in [3.05, 3.63) is 71.7 Å². The first-order valence-electron chi connectivity index (χ1n) is 8.07. The molecule has 0 aliphatic carbocycles. The lowest BCUT2D eigenvalue weighted by atomic mass is 10.0. The molecule has 1 amide bonds. The lowest BCUT2D eigenvalue weighted by Gasteiger charge is -2.25. The van der Waals surface area contributed by atoms with Crippen molar-refractivity contribution in [3.8, 4) is 5.82 Å². The third kappa shape index (κ3) is 2.68. The van der Waals surface area contributed by atoms with Crippen molar-refractivity contribution >= 4 is 5.91 Å². The summed E-state index contributed by atoms with van der Waals surface area (Å²) >= 11 is 0. The standard InChI is InChI=1S/C18H18N6O/c1-23-11-13-17(21-8-7-20-13)24-15(16(19)25)10-22-18(24)14(23)9-12-5-3-2-4-6-12/h2-8,10,14H,9,11H2,1H3,(H2,19,25). The van der Waals surface area contributed by atoms with Crippen LogP contribution in [0.4, 0.5) is 0 Å². The van der Waals surface area contributed by atoms with E-state index < -0.39 is 5.91 Å². The van der Waals surface area contributed by atoms with Crippen LogP contribution in [0, 0.1) is 0 Å². The summed E-state index contributed by atoms with van der Waals surface area (Å²) in [6, 6.07) is 10.2. The Morgan fingerprint density at radius 1 is 1.20 bits per heavy atom. The molecule has 7 nitrogen and oxygen atoms in total. The van der Waals surface area contributed by atoms with Crippen LogP contribution in [-0.4, -0.2) is 37.4 Å². The number of nitrogens with zero attached hydrogens (tertiary/aromatic N) is 5. The first-order chi connectivity index (χ1) is 12.1. The minimum Gasteiger partial charge on any atom is -0.364 e. The van der Waals surface area contributed by atoms with Crippen molar-refractivity contribution in [1.29, 1.82) is 0 Å². The zero-order chi connectivity index (χ0) is 17.4. The number of hydrogen-bond acceptors (Lipinski definition) is 5. The minimum absolute atomic E-state index is 0.0218. The van der Waals surface area contributed by atoms with E-state index in [1.54, 1.807) is 17.0 Å². The number of benzene rings is 1. The number of fused-ring (bicyclic) bond motifs is 3. The summed E-state index contributed by atoms with van der Waals surface area (Å²) in [6.07, 6.45) is 5.56. The van der Waals surface area contributed by atoms with Gasteiger partial charge in [-0.3, -0.25) is 19.2 Å². The number of carbonyl (C=O) groups is 1. The Morgan fingerprint density at radius 2 is 1.96 bits per heavy atom. The van der Waals surface area contributed by atoms with Crippen molar-refractivity contribution in [2.75, 3.05) is 7.05 Å². The van der Waals surface area contributed by atoms with Crippen LogP contribution in [0.3, 0.4) is 0 Å². The second kappa shape index (κ2) is 6.10. The Bertz CT molecular complexity index is 920. The molecule has 0 bridgehead atoms. The van der Waals surface area contributed by atoms with Gasteiger partial charge in [-0.15, -0.1) is 0 Å². The van der Waals surface area contributed by atoms with Crippen LogP contribution >= 0.6 is 0 Å². The SMILES string of the molecule is CN1Cc2nccnc2-n2c(C(N)=O)cnc2C1Cc1ccccc1. The van der Waals surface area contributed by atoms with Gasteiger partial charge in [0.15, 0.2) is 5.82 Å². The van der Waals surface area contributed by atoms with Gasteiger partial charge in [-0.2, -0.15) is 0 Å². The van der Waals surface area contributed by atoms with Gasteiger partial charge < -0.3 is 5.73 Å². The van der Waals surface area contributed by atoms with E-state index in [1.807, 2.05) is 25.2 Å². The first kappa shape index (κ1) is 15.5. The number of likely N-dealkylation sites (N-methyl/N-ethyl adjacent to an activating group) is 1. The first-order valence-corrected chi connectivity index (χ1v) is 8.07. The summed E-state index contributed by atoms with van der Waals surface area (Å²) in [4.78, 5) is 27.5. The number of imidazole rings is 1. The quantitative estimate of drug-likeness (QED) is 0.784. The molecule has 25 heavy (non-hydrogen) atoms. The maximum absolute atomic E-state index is 11.9. The molecule has 1 aliphatic rings. The highest BCUT2D eigenvalue weighted by molar-refractivity contribution is 5.91. The van der Waals surface area contributed by atoms with E-state index in [9.17, 15) is 4.79 Å². The van der Waals surface area contributed by atoms with E-state index in [4.69, 9.17) is 5.73 Å². The Balaban J connectivity index is 1.88. The third-order valence-corrected chi connectivity index (χ3v) is 4.51. The monoisotopic (exact) mass is 334 g/mol. The zero-order valence-corrected chi connectivity index (χ0v) is 13.8. The van der Waals surface area contributed by atoms with E-state index in [-0.39, 0.29) is 6.04 Å². The summed E-state index contributed by atoms with van der Waals surface area (Å²) in [6.45, 7) is 0.613. The van der Waals surface area contributed by atoms with Gasteiger partial charge in [-0.25, -0.2) is 9.97 Å². The largest absolute Gasteiger partial charge is 0.364 e. The van der Waals surface area contributed by atoms with Gasteiger partial charge in [0.2, 0.25) is 0 Å². The Hall–Kier alpha value is -3.06. The minimum atomic E-state index is -0.529. The number of nitrogens with two attached hydrogens (primary N) is 1. The Kier molecular flexibility index (Phi) is 3.77. The molecule has 2 aromatic heterocycles. The van der Waals surface area contributed by atoms with Crippen molar-refractivity contribution in [3.63, 3.8) is 0 Å². The number of carbonyl (C=O) groups excluding carboxylic acids is 1. The molecule has 0 saturated carbocycles. The van der Waals surface area contributed by atoms with E-state index in [0.29, 0.717) is 18.1 Å². The molecule has 0 radical (unpaired) electrons. The number of aromatic nitrogens is 4. The molecule has 0 spiro atoms. The van der Waals surface area contributed by atoms with Crippen LogP contribution in [0.1, 0.15) is 33.6 Å². The fourth-order valence-corrected chi connectivity index (χ4v) is 3.28. The number of rotatable bonds is 3. The maximum Gasteiger partial charge on any atom is 0.267 e. The average Bonchev–Trinajstić information content (AvgIpc) is 3.01. The summed E-state index contributed by atoms with van der Waals surface area (Å²) in [5.74, 6) is 0.837. The van der Waals surface area contributed by atoms with Gasteiger partial charge >= 0.3 is 0 Å².